The molecule has 1 fully saturated rings. The van der Waals surface area contributed by atoms with Crippen LogP contribution in [0.1, 0.15) is 12.5 Å². The lowest BCUT2D eigenvalue weighted by Crippen LogP contribution is -2.38. The molecule has 2 rings (SSSR count). The second kappa shape index (κ2) is 8.66. The van der Waals surface area contributed by atoms with E-state index >= 15 is 0 Å². The molecule has 0 N–H and O–H groups in total. The summed E-state index contributed by atoms with van der Waals surface area (Å²) in [7, 11) is 1.61. The molecule has 1 aromatic rings. The predicted molar refractivity (Wildman–Crippen MR) is 91.8 cm³/mol. The Labute approximate surface area is 149 Å². The summed E-state index contributed by atoms with van der Waals surface area (Å²) < 4.78 is 17.8. The van der Waals surface area contributed by atoms with Gasteiger partial charge >= 0.3 is 5.97 Å². The van der Waals surface area contributed by atoms with Crippen LogP contribution in [0.25, 0.3) is 0 Å². The lowest BCUT2D eigenvalue weighted by atomic mass is 10.2. The average Bonchev–Trinajstić information content (AvgIpc) is 2.90. The summed E-state index contributed by atoms with van der Waals surface area (Å²) in [6, 6.07) is 5.85. The highest BCUT2D eigenvalue weighted by molar-refractivity contribution is 8.04. The average molecular weight is 366 g/mol. The van der Waals surface area contributed by atoms with Gasteiger partial charge in [0.05, 0.1) is 23.5 Å². The van der Waals surface area contributed by atoms with E-state index in [9.17, 15) is 18.8 Å². The Morgan fingerprint density at radius 2 is 2.04 bits per heavy atom. The Morgan fingerprint density at radius 3 is 2.68 bits per heavy atom. The van der Waals surface area contributed by atoms with Crippen LogP contribution in [0.2, 0.25) is 0 Å². The highest BCUT2D eigenvalue weighted by Crippen LogP contribution is 2.28. The van der Waals surface area contributed by atoms with Crippen molar-refractivity contribution in [3.05, 3.63) is 46.8 Å². The number of benzene rings is 1. The van der Waals surface area contributed by atoms with E-state index < -0.39 is 5.97 Å². The van der Waals surface area contributed by atoms with Crippen LogP contribution in [0.3, 0.4) is 0 Å². The lowest BCUT2D eigenvalue weighted by molar-refractivity contribution is -0.138. The van der Waals surface area contributed by atoms with Gasteiger partial charge in [0.1, 0.15) is 12.4 Å². The Bertz CT molecular complexity index is 690. The summed E-state index contributed by atoms with van der Waals surface area (Å²) in [5.41, 5.74) is 0.779. The molecule has 0 aromatic heterocycles. The molecule has 0 bridgehead atoms. The van der Waals surface area contributed by atoms with Crippen molar-refractivity contribution in [2.24, 2.45) is 0 Å². The van der Waals surface area contributed by atoms with Gasteiger partial charge in [-0.3, -0.25) is 14.5 Å². The van der Waals surface area contributed by atoms with Gasteiger partial charge in [-0.15, -0.1) is 0 Å². The smallest absolute Gasteiger partial charge is 0.333 e. The van der Waals surface area contributed by atoms with Crippen molar-refractivity contribution in [1.82, 2.24) is 9.80 Å². The highest BCUT2D eigenvalue weighted by atomic mass is 32.2. The van der Waals surface area contributed by atoms with Gasteiger partial charge in [0.15, 0.2) is 0 Å². The lowest BCUT2D eigenvalue weighted by Gasteiger charge is -2.22. The third-order valence-electron chi connectivity index (χ3n) is 3.49. The second-order valence-electron chi connectivity index (χ2n) is 5.38. The number of carbonyl (C=O) groups is 3. The third kappa shape index (κ3) is 5.32. The van der Waals surface area contributed by atoms with E-state index in [1.54, 1.807) is 26.1 Å². The molecule has 134 valence electrons. The van der Waals surface area contributed by atoms with Crippen molar-refractivity contribution in [3.63, 3.8) is 0 Å². The van der Waals surface area contributed by atoms with Crippen molar-refractivity contribution >= 4 is 29.5 Å². The van der Waals surface area contributed by atoms with Crippen molar-refractivity contribution in [1.29, 1.82) is 0 Å². The van der Waals surface area contributed by atoms with E-state index in [0.717, 1.165) is 5.56 Å². The van der Waals surface area contributed by atoms with Crippen molar-refractivity contribution in [2.75, 3.05) is 26.0 Å². The molecular formula is C17H19FN2O4S. The van der Waals surface area contributed by atoms with Crippen molar-refractivity contribution in [2.45, 2.75) is 13.5 Å². The molecule has 1 aliphatic rings. The Morgan fingerprint density at radius 1 is 1.36 bits per heavy atom. The van der Waals surface area contributed by atoms with Gasteiger partial charge in [-0.1, -0.05) is 23.9 Å². The number of nitrogens with zero attached hydrogens (tertiary/aromatic N) is 2. The molecule has 0 aliphatic carbocycles. The van der Waals surface area contributed by atoms with Crippen LogP contribution in [-0.4, -0.2) is 53.5 Å². The van der Waals surface area contributed by atoms with Gasteiger partial charge in [0, 0.05) is 13.6 Å². The summed E-state index contributed by atoms with van der Waals surface area (Å²) >= 11 is 1.20. The minimum Gasteiger partial charge on any atom is -0.463 e. The van der Waals surface area contributed by atoms with Gasteiger partial charge in [-0.2, -0.15) is 0 Å². The zero-order chi connectivity index (χ0) is 18.4. The van der Waals surface area contributed by atoms with Crippen LogP contribution in [0, 0.1) is 5.82 Å². The van der Waals surface area contributed by atoms with E-state index in [1.807, 2.05) is 0 Å². The largest absolute Gasteiger partial charge is 0.463 e. The zero-order valence-electron chi connectivity index (χ0n) is 14.0. The molecule has 2 amide bonds. The number of likely N-dealkylation sites (N-methyl/N-ethyl adjacent to an activating group) is 1. The van der Waals surface area contributed by atoms with Crippen molar-refractivity contribution < 1.29 is 23.5 Å². The normalized spacial score (nSPS) is 15.6. The number of rotatable bonds is 6. The standard InChI is InChI=1S/C17H19FN2O4S/c1-3-24-17(23)8-16-20(15(22)11-25-16)10-14(21)19(2)9-12-4-6-13(18)7-5-12/h4-8H,3,9-11H2,1-2H3/b16-8-. The topological polar surface area (TPSA) is 66.9 Å². The molecule has 25 heavy (non-hydrogen) atoms. The molecular weight excluding hydrogens is 347 g/mol. The molecule has 1 aromatic carbocycles. The number of ether oxygens (including phenoxy) is 1. The van der Waals surface area contributed by atoms with Crippen LogP contribution < -0.4 is 0 Å². The number of hydrogen-bond donors (Lipinski definition) is 0. The van der Waals surface area contributed by atoms with Crippen LogP contribution in [-0.2, 0) is 25.7 Å². The summed E-state index contributed by atoms with van der Waals surface area (Å²) in [5.74, 6) is -1.22. The second-order valence-corrected chi connectivity index (χ2v) is 6.38. The van der Waals surface area contributed by atoms with Gasteiger partial charge in [0.2, 0.25) is 11.8 Å². The van der Waals surface area contributed by atoms with E-state index in [-0.39, 0.29) is 36.5 Å². The quantitative estimate of drug-likeness (QED) is 0.567. The minimum absolute atomic E-state index is 0.158. The SMILES string of the molecule is CCOC(=O)/C=C1\SCC(=O)N1CC(=O)N(C)Cc1ccc(F)cc1. The molecule has 0 saturated carbocycles. The number of carbonyl (C=O) groups excluding carboxylic acids is 3. The Hall–Kier alpha value is -2.35. The maximum atomic E-state index is 12.9. The van der Waals surface area contributed by atoms with Gasteiger partial charge in [-0.05, 0) is 24.6 Å². The fraction of sp³-hybridized carbons (Fsp3) is 0.353. The van der Waals surface area contributed by atoms with Crippen molar-refractivity contribution in [3.8, 4) is 0 Å². The van der Waals surface area contributed by atoms with Crippen LogP contribution in [0.4, 0.5) is 4.39 Å². The summed E-state index contributed by atoms with van der Waals surface area (Å²) in [6.07, 6.45) is 1.23. The fourth-order valence-corrected chi connectivity index (χ4v) is 3.12. The minimum atomic E-state index is -0.545. The predicted octanol–water partition coefficient (Wildman–Crippen LogP) is 1.76. The molecule has 8 heteroatoms. The molecule has 1 aliphatic heterocycles. The van der Waals surface area contributed by atoms with E-state index in [0.29, 0.717) is 11.6 Å². The first-order chi connectivity index (χ1) is 11.9. The molecule has 0 spiro atoms. The maximum Gasteiger partial charge on any atom is 0.333 e. The Balaban J connectivity index is 2.00. The fourth-order valence-electron chi connectivity index (χ4n) is 2.19. The summed E-state index contributed by atoms with van der Waals surface area (Å²) in [4.78, 5) is 38.7. The highest BCUT2D eigenvalue weighted by Gasteiger charge is 2.30. The number of esters is 1. The zero-order valence-corrected chi connectivity index (χ0v) is 14.8. The van der Waals surface area contributed by atoms with Gasteiger partial charge in [-0.25, -0.2) is 9.18 Å². The summed E-state index contributed by atoms with van der Waals surface area (Å²) in [5, 5.41) is 0.409. The van der Waals surface area contributed by atoms with Crippen LogP contribution in [0.15, 0.2) is 35.4 Å². The molecule has 0 radical (unpaired) electrons. The molecule has 0 unspecified atom stereocenters. The van der Waals surface area contributed by atoms with Gasteiger partial charge in [0.25, 0.3) is 0 Å². The molecule has 1 saturated heterocycles. The molecule has 1 heterocycles. The van der Waals surface area contributed by atoms with E-state index in [4.69, 9.17) is 4.74 Å². The van der Waals surface area contributed by atoms with Crippen LogP contribution in [0.5, 0.6) is 0 Å². The first-order valence-corrected chi connectivity index (χ1v) is 8.69. The van der Waals surface area contributed by atoms with E-state index in [1.165, 1.54) is 39.8 Å². The van der Waals surface area contributed by atoms with Gasteiger partial charge < -0.3 is 9.64 Å². The molecule has 6 nitrogen and oxygen atoms in total. The summed E-state index contributed by atoms with van der Waals surface area (Å²) in [6.45, 7) is 2.07. The first kappa shape index (κ1) is 19.0. The third-order valence-corrected chi connectivity index (χ3v) is 4.52. The number of halogens is 1. The number of hydrogen-bond acceptors (Lipinski definition) is 5. The first-order valence-electron chi connectivity index (χ1n) is 7.70. The van der Waals surface area contributed by atoms with E-state index in [2.05, 4.69) is 0 Å². The molecule has 0 atom stereocenters. The maximum absolute atomic E-state index is 12.9. The van der Waals surface area contributed by atoms with Crippen LogP contribution >= 0.6 is 11.8 Å². The Kier molecular flexibility index (Phi) is 6.58. The number of amides is 2. The monoisotopic (exact) mass is 366 g/mol. The number of thioether (sulfide) groups is 1.